The fourth-order valence-corrected chi connectivity index (χ4v) is 10.8. The van der Waals surface area contributed by atoms with Gasteiger partial charge >= 0.3 is 0 Å². The smallest absolute Gasteiger partial charge is 0.246 e. The van der Waals surface area contributed by atoms with E-state index in [1.54, 1.807) is 42.5 Å². The number of ether oxygens (including phenoxy) is 2. The number of imide groups is 2. The first-order valence-corrected chi connectivity index (χ1v) is 20.8. The van der Waals surface area contributed by atoms with Gasteiger partial charge in [-0.15, -0.1) is 0 Å². The van der Waals surface area contributed by atoms with Crippen LogP contribution in [0.25, 0.3) is 0 Å². The molecule has 5 aromatic rings. The zero-order chi connectivity index (χ0) is 41.1. The van der Waals surface area contributed by atoms with Gasteiger partial charge in [0, 0.05) is 41.3 Å². The lowest BCUT2D eigenvalue weighted by Crippen LogP contribution is -2.53. The molecule has 1 N–H and O–H groups in total. The number of benzene rings is 5. The number of allylic oxidation sites excluding steroid dienone is 2. The van der Waals surface area contributed by atoms with Crippen LogP contribution in [0, 0.1) is 23.7 Å². The number of phenolic OH excluding ortho intramolecular Hbond substituents is 1. The second kappa shape index (κ2) is 15.1. The average molecular weight is 820 g/mol. The van der Waals surface area contributed by atoms with E-state index in [1.165, 1.54) is 9.80 Å². The highest BCUT2D eigenvalue weighted by Crippen LogP contribution is 2.65. The van der Waals surface area contributed by atoms with Gasteiger partial charge in [-0.25, -0.2) is 4.90 Å². The van der Waals surface area contributed by atoms with Gasteiger partial charge in [0.1, 0.15) is 18.1 Å². The van der Waals surface area contributed by atoms with Gasteiger partial charge in [0.2, 0.25) is 23.6 Å². The van der Waals surface area contributed by atoms with Crippen molar-refractivity contribution < 1.29 is 33.8 Å². The van der Waals surface area contributed by atoms with E-state index in [9.17, 15) is 14.7 Å². The van der Waals surface area contributed by atoms with Crippen LogP contribution in [0.4, 0.5) is 17.1 Å². The summed E-state index contributed by atoms with van der Waals surface area (Å²) < 4.78 is 11.6. The summed E-state index contributed by atoms with van der Waals surface area (Å²) in [5, 5.41) is 12.5. The third kappa shape index (κ3) is 6.03. The van der Waals surface area contributed by atoms with E-state index in [4.69, 9.17) is 21.1 Å². The van der Waals surface area contributed by atoms with Crippen molar-refractivity contribution in [3.8, 4) is 11.5 Å². The number of aromatic hydroxyl groups is 1. The highest BCUT2D eigenvalue weighted by molar-refractivity contribution is 6.32. The molecule has 0 bridgehead atoms. The number of phenols is 1. The number of hydrogen-bond donors (Lipinski definition) is 1. The third-order valence-electron chi connectivity index (χ3n) is 13.2. The minimum absolute atomic E-state index is 0.111. The maximum Gasteiger partial charge on any atom is 0.246 e. The van der Waals surface area contributed by atoms with Gasteiger partial charge in [-0.2, -0.15) is 0 Å². The van der Waals surface area contributed by atoms with Crippen LogP contribution in [0.2, 0.25) is 5.02 Å². The van der Waals surface area contributed by atoms with E-state index in [1.807, 2.05) is 91.0 Å². The normalized spacial score (nSPS) is 26.1. The highest BCUT2D eigenvalue weighted by Gasteiger charge is 2.70. The SMILES string of the molecule is O=C1C2CC=C3C(CC4C(=O)N(c5cccc(Cl)c5)C(=O)C4(c4ccccc4)C3c3ccc(OCc4ccccc4)cc3O)C2C(=O)N1c1ccc(N2CCOCC2)cc1. The van der Waals surface area contributed by atoms with Crippen molar-refractivity contribution in [1.29, 1.82) is 0 Å². The number of carbonyl (C=O) groups excluding carboxylic acids is 4. The molecule has 10 rings (SSSR count). The first-order valence-electron chi connectivity index (χ1n) is 20.5. The average Bonchev–Trinajstić information content (AvgIpc) is 3.67. The summed E-state index contributed by atoms with van der Waals surface area (Å²) in [6.45, 7) is 3.05. The molecule has 4 amide bonds. The van der Waals surface area contributed by atoms with E-state index in [2.05, 4.69) is 4.90 Å². The quantitative estimate of drug-likeness (QED) is 0.125. The minimum Gasteiger partial charge on any atom is -0.508 e. The van der Waals surface area contributed by atoms with Crippen molar-refractivity contribution in [3.63, 3.8) is 0 Å². The molecule has 5 aromatic carbocycles. The van der Waals surface area contributed by atoms with Gasteiger partial charge in [0.15, 0.2) is 0 Å². The molecule has 1 saturated carbocycles. The zero-order valence-corrected chi connectivity index (χ0v) is 33.4. The van der Waals surface area contributed by atoms with Gasteiger partial charge in [-0.1, -0.05) is 96.0 Å². The molecule has 302 valence electrons. The molecule has 5 aliphatic rings. The van der Waals surface area contributed by atoms with Gasteiger partial charge in [0.25, 0.3) is 0 Å². The second-order valence-electron chi connectivity index (χ2n) is 16.2. The van der Waals surface area contributed by atoms with Crippen molar-refractivity contribution in [2.75, 3.05) is 41.0 Å². The molecule has 10 nitrogen and oxygen atoms in total. The van der Waals surface area contributed by atoms with Gasteiger partial charge in [-0.3, -0.25) is 24.1 Å². The Hall–Kier alpha value is -6.23. The van der Waals surface area contributed by atoms with Gasteiger partial charge in [-0.05, 0) is 78.4 Å². The van der Waals surface area contributed by atoms with Crippen LogP contribution in [-0.2, 0) is 35.9 Å². The first-order chi connectivity index (χ1) is 29.3. The van der Waals surface area contributed by atoms with Crippen LogP contribution in [0.15, 0.2) is 139 Å². The minimum atomic E-state index is -1.53. The molecule has 11 heteroatoms. The maximum absolute atomic E-state index is 15.6. The van der Waals surface area contributed by atoms with E-state index in [0.29, 0.717) is 46.5 Å². The van der Waals surface area contributed by atoms with Crippen molar-refractivity contribution in [2.24, 2.45) is 23.7 Å². The number of rotatable bonds is 8. The Kier molecular flexibility index (Phi) is 9.57. The topological polar surface area (TPSA) is 117 Å². The summed E-state index contributed by atoms with van der Waals surface area (Å²) in [6, 6.07) is 38.2. The lowest BCUT2D eigenvalue weighted by atomic mass is 9.49. The molecular weight excluding hydrogens is 778 g/mol. The largest absolute Gasteiger partial charge is 0.508 e. The Morgan fingerprint density at radius 3 is 2.15 bits per heavy atom. The van der Waals surface area contributed by atoms with Crippen LogP contribution in [0.3, 0.4) is 0 Å². The predicted octanol–water partition coefficient (Wildman–Crippen LogP) is 7.83. The molecular formula is C49H42ClN3O7. The van der Waals surface area contributed by atoms with Crippen molar-refractivity contribution in [2.45, 2.75) is 30.8 Å². The first kappa shape index (κ1) is 38.0. The van der Waals surface area contributed by atoms with Crippen molar-refractivity contribution in [3.05, 3.63) is 161 Å². The van der Waals surface area contributed by atoms with E-state index in [0.717, 1.165) is 29.9 Å². The van der Waals surface area contributed by atoms with Crippen LogP contribution < -0.4 is 19.4 Å². The molecule has 6 atom stereocenters. The summed E-state index contributed by atoms with van der Waals surface area (Å²) in [7, 11) is 0. The van der Waals surface area contributed by atoms with E-state index in [-0.39, 0.29) is 37.0 Å². The van der Waals surface area contributed by atoms with Crippen molar-refractivity contribution >= 4 is 52.3 Å². The van der Waals surface area contributed by atoms with Crippen LogP contribution in [-0.4, -0.2) is 55.0 Å². The Balaban J connectivity index is 1.09. The summed E-state index contributed by atoms with van der Waals surface area (Å²) in [5.74, 6) is -5.06. The number of fused-ring (bicyclic) bond motifs is 4. The van der Waals surface area contributed by atoms with Crippen LogP contribution in [0.5, 0.6) is 11.5 Å². The fourth-order valence-electron chi connectivity index (χ4n) is 10.6. The summed E-state index contributed by atoms with van der Waals surface area (Å²) in [6.07, 6.45) is 2.39. The van der Waals surface area contributed by atoms with Gasteiger partial charge < -0.3 is 19.5 Å². The molecule has 6 unspecified atom stereocenters. The standard InChI is InChI=1S/C49H42ClN3O7/c50-32-12-7-13-35(26-32)53-46(56)41-28-40-37(20-21-39-43(40)47(57)52(45(39)55)34-16-14-33(15-17-34)51-22-24-59-25-23-51)44(49(41,48(53)58)31-10-5-2-6-11-31)38-19-18-36(27-42(38)54)60-29-30-8-3-1-4-9-30/h1-20,26-27,39-41,43-44,54H,21-25,28-29H2. The molecule has 4 fully saturated rings. The van der Waals surface area contributed by atoms with Gasteiger partial charge in [0.05, 0.1) is 47.8 Å². The fraction of sp³-hybridized carbons (Fsp3) is 0.265. The Labute approximate surface area is 352 Å². The summed E-state index contributed by atoms with van der Waals surface area (Å²) in [4.78, 5) is 64.7. The molecule has 3 heterocycles. The van der Waals surface area contributed by atoms with Crippen molar-refractivity contribution in [1.82, 2.24) is 0 Å². The lowest BCUT2D eigenvalue weighted by Gasteiger charge is -2.50. The molecule has 0 spiro atoms. The summed E-state index contributed by atoms with van der Waals surface area (Å²) >= 11 is 6.47. The zero-order valence-electron chi connectivity index (χ0n) is 32.7. The third-order valence-corrected chi connectivity index (χ3v) is 13.4. The number of amides is 4. The number of nitrogens with zero attached hydrogens (tertiary/aromatic N) is 3. The van der Waals surface area contributed by atoms with Crippen LogP contribution >= 0.6 is 11.6 Å². The second-order valence-corrected chi connectivity index (χ2v) is 16.7. The number of anilines is 3. The molecule has 3 aliphatic heterocycles. The number of hydrogen-bond acceptors (Lipinski definition) is 8. The predicted molar refractivity (Wildman–Crippen MR) is 227 cm³/mol. The van der Waals surface area contributed by atoms with Crippen LogP contribution in [0.1, 0.15) is 35.4 Å². The molecule has 0 radical (unpaired) electrons. The molecule has 0 aromatic heterocycles. The molecule has 60 heavy (non-hydrogen) atoms. The summed E-state index contributed by atoms with van der Waals surface area (Å²) in [5.41, 5.74) is 3.04. The highest BCUT2D eigenvalue weighted by atomic mass is 35.5. The Morgan fingerprint density at radius 2 is 1.43 bits per heavy atom. The number of carbonyl (C=O) groups is 4. The van der Waals surface area contributed by atoms with E-state index < -0.39 is 46.8 Å². The Morgan fingerprint density at radius 1 is 0.717 bits per heavy atom. The van der Waals surface area contributed by atoms with E-state index >= 15 is 9.59 Å². The molecule has 3 saturated heterocycles. The number of halogens is 1. The Bertz CT molecular complexity index is 2540. The maximum atomic E-state index is 15.6. The monoisotopic (exact) mass is 819 g/mol. The number of morpholine rings is 1. The molecule has 2 aliphatic carbocycles. The lowest BCUT2D eigenvalue weighted by molar-refractivity contribution is -0.127.